The van der Waals surface area contributed by atoms with E-state index in [1.165, 1.54) is 25.2 Å². The summed E-state index contributed by atoms with van der Waals surface area (Å²) in [6.45, 7) is 2.81. The van der Waals surface area contributed by atoms with Crippen molar-refractivity contribution in [3.63, 3.8) is 0 Å². The summed E-state index contributed by atoms with van der Waals surface area (Å²) in [6, 6.07) is 29.9. The number of aliphatic carboxylic acids is 1. The molecule has 4 N–H and O–H groups in total. The first-order valence-corrected chi connectivity index (χ1v) is 12.3. The normalized spacial score (nSPS) is 12.1. The molecule has 0 unspecified atom stereocenters. The van der Waals surface area contributed by atoms with Crippen molar-refractivity contribution in [1.29, 1.82) is 0 Å². The van der Waals surface area contributed by atoms with Gasteiger partial charge in [-0.05, 0) is 30.5 Å². The average Bonchev–Trinajstić information content (AvgIpc) is 3.36. The molecule has 4 aromatic rings. The summed E-state index contributed by atoms with van der Waals surface area (Å²) >= 11 is 1.23. The van der Waals surface area contributed by atoms with Crippen LogP contribution >= 0.6 is 11.3 Å². The van der Waals surface area contributed by atoms with Gasteiger partial charge in [-0.25, -0.2) is 9.78 Å². The quantitative estimate of drug-likeness (QED) is 0.161. The van der Waals surface area contributed by atoms with E-state index in [1.54, 1.807) is 5.38 Å². The summed E-state index contributed by atoms with van der Waals surface area (Å²) in [5.74, 6) is -2.13. The standard InChI is InChI=1S/C28H26N4O4S/c1-27(2,25(29)35)36-32-23(24(33)34)22-18-37-26(30-22)31-28(19-12-6-3-7-13-19,20-14-8-4-9-15-20)21-16-10-5-11-17-21/h3-18H,1-2H3,(H2,29,35)(H,30,31)(H,33,34)/b32-23-. The highest BCUT2D eigenvalue weighted by Gasteiger charge is 2.37. The van der Waals surface area contributed by atoms with E-state index >= 15 is 0 Å². The number of amides is 1. The molecule has 0 aliphatic heterocycles. The van der Waals surface area contributed by atoms with Crippen molar-refractivity contribution >= 4 is 34.1 Å². The van der Waals surface area contributed by atoms with E-state index < -0.39 is 28.7 Å². The summed E-state index contributed by atoms with van der Waals surface area (Å²) in [5, 5.41) is 19.1. The SMILES string of the molecule is CC(C)(O/N=C(\C(=O)O)c1csc(NC(c2ccccc2)(c2ccccc2)c2ccccc2)n1)C(N)=O. The van der Waals surface area contributed by atoms with E-state index in [9.17, 15) is 14.7 Å². The number of hydrogen-bond donors (Lipinski definition) is 3. The molecule has 0 bridgehead atoms. The maximum Gasteiger partial charge on any atom is 0.360 e. The third-order valence-corrected chi connectivity index (χ3v) is 6.58. The Labute approximate surface area is 218 Å². The maximum absolute atomic E-state index is 12.0. The molecule has 37 heavy (non-hydrogen) atoms. The largest absolute Gasteiger partial charge is 0.476 e. The molecule has 0 fully saturated rings. The van der Waals surface area contributed by atoms with E-state index in [0.29, 0.717) is 5.13 Å². The van der Waals surface area contributed by atoms with E-state index in [1.807, 2.05) is 91.0 Å². The number of anilines is 1. The minimum Gasteiger partial charge on any atom is -0.476 e. The highest BCUT2D eigenvalue weighted by molar-refractivity contribution is 7.14. The Hall–Kier alpha value is -4.50. The Morgan fingerprint density at radius 1 is 0.892 bits per heavy atom. The fourth-order valence-electron chi connectivity index (χ4n) is 3.78. The molecule has 8 nitrogen and oxygen atoms in total. The molecular weight excluding hydrogens is 488 g/mol. The number of carbonyl (C=O) groups is 2. The number of nitrogens with zero attached hydrogens (tertiary/aromatic N) is 2. The van der Waals surface area contributed by atoms with Crippen LogP contribution in [0.4, 0.5) is 5.13 Å². The predicted molar refractivity (Wildman–Crippen MR) is 143 cm³/mol. The number of carboxylic acids is 1. The number of oxime groups is 1. The van der Waals surface area contributed by atoms with Crippen LogP contribution < -0.4 is 11.1 Å². The second-order valence-corrected chi connectivity index (χ2v) is 9.58. The lowest BCUT2D eigenvalue weighted by molar-refractivity contribution is -0.140. The number of thiazole rings is 1. The van der Waals surface area contributed by atoms with E-state index in [2.05, 4.69) is 15.5 Å². The number of rotatable bonds is 10. The number of benzene rings is 3. The van der Waals surface area contributed by atoms with Crippen LogP contribution in [0.25, 0.3) is 0 Å². The topological polar surface area (TPSA) is 127 Å². The number of primary amides is 1. The molecule has 1 aromatic heterocycles. The second-order valence-electron chi connectivity index (χ2n) is 8.72. The first kappa shape index (κ1) is 25.6. The van der Waals surface area contributed by atoms with Gasteiger partial charge < -0.3 is 21.0 Å². The van der Waals surface area contributed by atoms with Crippen LogP contribution in [0.15, 0.2) is 102 Å². The van der Waals surface area contributed by atoms with Crippen molar-refractivity contribution in [3.8, 4) is 0 Å². The Morgan fingerprint density at radius 3 is 1.76 bits per heavy atom. The number of aromatic nitrogens is 1. The molecule has 0 atom stereocenters. The van der Waals surface area contributed by atoms with Gasteiger partial charge in [-0.3, -0.25) is 4.79 Å². The zero-order valence-corrected chi connectivity index (χ0v) is 21.1. The third-order valence-electron chi connectivity index (χ3n) is 5.82. The monoisotopic (exact) mass is 514 g/mol. The Morgan fingerprint density at radius 2 is 1.35 bits per heavy atom. The van der Waals surface area contributed by atoms with Crippen LogP contribution in [-0.2, 0) is 20.0 Å². The Bertz CT molecular complexity index is 1310. The lowest BCUT2D eigenvalue weighted by Crippen LogP contribution is -2.39. The number of hydrogen-bond acceptors (Lipinski definition) is 7. The number of carbonyl (C=O) groups excluding carboxylic acids is 1. The second kappa shape index (κ2) is 10.6. The van der Waals surface area contributed by atoms with Crippen molar-refractivity contribution in [2.75, 3.05) is 5.32 Å². The Balaban J connectivity index is 1.82. The molecule has 188 valence electrons. The van der Waals surface area contributed by atoms with E-state index in [-0.39, 0.29) is 5.69 Å². The van der Waals surface area contributed by atoms with E-state index in [4.69, 9.17) is 10.6 Å². The molecule has 9 heteroatoms. The van der Waals surface area contributed by atoms with Crippen molar-refractivity contribution in [2.45, 2.75) is 25.0 Å². The van der Waals surface area contributed by atoms with Crippen LogP contribution in [0, 0.1) is 0 Å². The Kier molecular flexibility index (Phi) is 7.35. The van der Waals surface area contributed by atoms with Crippen molar-refractivity contribution < 1.29 is 19.5 Å². The summed E-state index contributed by atoms with van der Waals surface area (Å²) in [6.07, 6.45) is 0. The molecule has 0 radical (unpaired) electrons. The van der Waals surface area contributed by atoms with Crippen LogP contribution in [0.2, 0.25) is 0 Å². The summed E-state index contributed by atoms with van der Waals surface area (Å²) in [4.78, 5) is 33.2. The molecule has 0 aliphatic rings. The van der Waals surface area contributed by atoms with Crippen molar-refractivity contribution in [3.05, 3.63) is 119 Å². The number of nitrogens with two attached hydrogens (primary N) is 1. The summed E-state index contributed by atoms with van der Waals surface area (Å²) in [7, 11) is 0. The zero-order chi connectivity index (χ0) is 26.5. The first-order valence-electron chi connectivity index (χ1n) is 11.4. The molecule has 4 rings (SSSR count). The van der Waals surface area contributed by atoms with Gasteiger partial charge in [0.05, 0.1) is 0 Å². The summed E-state index contributed by atoms with van der Waals surface area (Å²) in [5.41, 5.74) is 5.56. The van der Waals surface area contributed by atoms with Crippen molar-refractivity contribution in [1.82, 2.24) is 4.98 Å². The molecule has 3 aromatic carbocycles. The number of nitrogens with one attached hydrogen (secondary N) is 1. The van der Waals surface area contributed by atoms with Crippen LogP contribution in [0.1, 0.15) is 36.2 Å². The minimum atomic E-state index is -1.49. The van der Waals surface area contributed by atoms with E-state index in [0.717, 1.165) is 16.7 Å². The summed E-state index contributed by atoms with van der Waals surface area (Å²) < 4.78 is 0. The van der Waals surface area contributed by atoms with Gasteiger partial charge >= 0.3 is 5.97 Å². The van der Waals surface area contributed by atoms with Gasteiger partial charge in [-0.15, -0.1) is 11.3 Å². The van der Waals surface area contributed by atoms with Gasteiger partial charge in [0.25, 0.3) is 5.91 Å². The predicted octanol–water partition coefficient (Wildman–Crippen LogP) is 4.62. The van der Waals surface area contributed by atoms with Gasteiger partial charge in [-0.2, -0.15) is 0 Å². The van der Waals surface area contributed by atoms with Crippen LogP contribution in [0.5, 0.6) is 0 Å². The highest BCUT2D eigenvalue weighted by Crippen LogP contribution is 2.40. The van der Waals surface area contributed by atoms with Crippen molar-refractivity contribution in [2.24, 2.45) is 10.9 Å². The van der Waals surface area contributed by atoms with Crippen LogP contribution in [0.3, 0.4) is 0 Å². The molecule has 1 amide bonds. The molecule has 0 spiro atoms. The molecule has 0 aliphatic carbocycles. The first-order chi connectivity index (χ1) is 17.7. The average molecular weight is 515 g/mol. The van der Waals surface area contributed by atoms with Gasteiger partial charge in [0.15, 0.2) is 5.13 Å². The molecule has 1 heterocycles. The molecular formula is C28H26N4O4S. The highest BCUT2D eigenvalue weighted by atomic mass is 32.1. The number of carboxylic acid groups (broad SMARTS) is 1. The molecule has 0 saturated carbocycles. The maximum atomic E-state index is 12.0. The van der Waals surface area contributed by atoms with Crippen LogP contribution in [-0.4, -0.2) is 33.3 Å². The fourth-order valence-corrected chi connectivity index (χ4v) is 4.53. The third kappa shape index (κ3) is 5.36. The van der Waals surface area contributed by atoms with Gasteiger partial charge in [0.1, 0.15) is 11.2 Å². The fraction of sp³-hybridized carbons (Fsp3) is 0.143. The lowest BCUT2D eigenvalue weighted by atomic mass is 9.77. The van der Waals surface area contributed by atoms with Gasteiger partial charge in [-0.1, -0.05) is 96.2 Å². The van der Waals surface area contributed by atoms with Gasteiger partial charge in [0, 0.05) is 5.38 Å². The smallest absolute Gasteiger partial charge is 0.360 e. The van der Waals surface area contributed by atoms with Gasteiger partial charge in [0.2, 0.25) is 11.3 Å². The minimum absolute atomic E-state index is 0.0864. The lowest BCUT2D eigenvalue weighted by Gasteiger charge is -2.36. The zero-order valence-electron chi connectivity index (χ0n) is 20.3. The molecule has 0 saturated heterocycles.